The zero-order chi connectivity index (χ0) is 12.3. The van der Waals surface area contributed by atoms with Gasteiger partial charge in [0.2, 0.25) is 0 Å². The van der Waals surface area contributed by atoms with E-state index in [0.29, 0.717) is 6.42 Å². The molecule has 2 heterocycles. The third-order valence-corrected chi connectivity index (χ3v) is 2.70. The van der Waals surface area contributed by atoms with Crippen molar-refractivity contribution in [3.05, 3.63) is 53.6 Å². The Kier molecular flexibility index (Phi) is 3.35. The van der Waals surface area contributed by atoms with E-state index in [1.165, 1.54) is 0 Å². The van der Waals surface area contributed by atoms with Crippen molar-refractivity contribution in [2.45, 2.75) is 19.4 Å². The molecule has 17 heavy (non-hydrogen) atoms. The summed E-state index contributed by atoms with van der Waals surface area (Å²) in [7, 11) is 0. The molecule has 0 radical (unpaired) electrons. The summed E-state index contributed by atoms with van der Waals surface area (Å²) in [5.74, 6) is 0. The van der Waals surface area contributed by atoms with Crippen molar-refractivity contribution in [1.82, 2.24) is 9.97 Å². The maximum absolute atomic E-state index is 6.12. The number of hydrogen-bond donors (Lipinski definition) is 2. The van der Waals surface area contributed by atoms with Crippen LogP contribution < -0.4 is 11.5 Å². The summed E-state index contributed by atoms with van der Waals surface area (Å²) in [6.07, 6.45) is 5.85. The van der Waals surface area contributed by atoms with Crippen LogP contribution in [-0.2, 0) is 6.42 Å². The quantitative estimate of drug-likeness (QED) is 0.836. The molecule has 0 aliphatic heterocycles. The fraction of sp³-hybridized carbons (Fsp3) is 0.231. The van der Waals surface area contributed by atoms with E-state index in [-0.39, 0.29) is 6.04 Å². The third-order valence-electron chi connectivity index (χ3n) is 2.70. The maximum Gasteiger partial charge on any atom is 0.0577 e. The van der Waals surface area contributed by atoms with E-state index in [1.807, 2.05) is 19.1 Å². The number of hydrogen-bond acceptors (Lipinski definition) is 4. The number of rotatable bonds is 3. The van der Waals surface area contributed by atoms with E-state index in [2.05, 4.69) is 9.97 Å². The highest BCUT2D eigenvalue weighted by atomic mass is 14.8. The number of nitrogens with zero attached hydrogens (tertiary/aromatic N) is 2. The largest absolute Gasteiger partial charge is 0.398 e. The Bertz CT molecular complexity index is 510. The van der Waals surface area contributed by atoms with Gasteiger partial charge in [-0.05, 0) is 42.7 Å². The summed E-state index contributed by atoms with van der Waals surface area (Å²) in [4.78, 5) is 8.33. The molecule has 0 aliphatic carbocycles. The summed E-state index contributed by atoms with van der Waals surface area (Å²) in [6, 6.07) is 5.58. The highest BCUT2D eigenvalue weighted by Gasteiger charge is 2.10. The van der Waals surface area contributed by atoms with Gasteiger partial charge in [0.25, 0.3) is 0 Å². The summed E-state index contributed by atoms with van der Waals surface area (Å²) < 4.78 is 0. The van der Waals surface area contributed by atoms with Crippen LogP contribution >= 0.6 is 0 Å². The molecule has 1 atom stereocenters. The molecule has 0 amide bonds. The fourth-order valence-electron chi connectivity index (χ4n) is 1.71. The van der Waals surface area contributed by atoms with Gasteiger partial charge in [0.15, 0.2) is 0 Å². The molecule has 4 heteroatoms. The maximum atomic E-state index is 6.12. The SMILES string of the molecule is Cc1ccnc(C(N)Cc2cnccc2N)c1. The van der Waals surface area contributed by atoms with Crippen molar-refractivity contribution >= 4 is 5.69 Å². The minimum Gasteiger partial charge on any atom is -0.398 e. The zero-order valence-electron chi connectivity index (χ0n) is 9.80. The van der Waals surface area contributed by atoms with E-state index in [1.54, 1.807) is 24.7 Å². The van der Waals surface area contributed by atoms with Crippen LogP contribution in [0.25, 0.3) is 0 Å². The van der Waals surface area contributed by atoms with Gasteiger partial charge < -0.3 is 11.5 Å². The van der Waals surface area contributed by atoms with Crippen LogP contribution in [0.1, 0.15) is 22.9 Å². The van der Waals surface area contributed by atoms with Crippen molar-refractivity contribution < 1.29 is 0 Å². The van der Waals surface area contributed by atoms with Crippen LogP contribution in [0.15, 0.2) is 36.8 Å². The Morgan fingerprint density at radius 2 is 2.12 bits per heavy atom. The van der Waals surface area contributed by atoms with Gasteiger partial charge in [-0.25, -0.2) is 0 Å². The Balaban J connectivity index is 2.17. The number of nitrogen functional groups attached to an aromatic ring is 1. The lowest BCUT2D eigenvalue weighted by Gasteiger charge is -2.12. The summed E-state index contributed by atoms with van der Waals surface area (Å²) in [6.45, 7) is 2.02. The van der Waals surface area contributed by atoms with Gasteiger partial charge >= 0.3 is 0 Å². The van der Waals surface area contributed by atoms with E-state index in [9.17, 15) is 0 Å². The molecule has 88 valence electrons. The Morgan fingerprint density at radius 3 is 2.82 bits per heavy atom. The van der Waals surface area contributed by atoms with Crippen molar-refractivity contribution in [3.8, 4) is 0 Å². The van der Waals surface area contributed by atoms with Crippen LogP contribution in [-0.4, -0.2) is 9.97 Å². The molecule has 0 fully saturated rings. The van der Waals surface area contributed by atoms with Gasteiger partial charge in [-0.15, -0.1) is 0 Å². The smallest absolute Gasteiger partial charge is 0.0577 e. The summed E-state index contributed by atoms with van der Waals surface area (Å²) in [5.41, 5.74) is 15.7. The van der Waals surface area contributed by atoms with Crippen LogP contribution in [0, 0.1) is 6.92 Å². The molecule has 0 saturated heterocycles. The first-order valence-electron chi connectivity index (χ1n) is 5.53. The lowest BCUT2D eigenvalue weighted by Crippen LogP contribution is -2.16. The Morgan fingerprint density at radius 1 is 1.29 bits per heavy atom. The normalized spacial score (nSPS) is 12.4. The van der Waals surface area contributed by atoms with Gasteiger partial charge in [-0.1, -0.05) is 0 Å². The standard InChI is InChI=1S/C13H16N4/c1-9-2-5-17-13(6-9)12(15)7-10-8-16-4-3-11(10)14/h2-6,8,12H,7,15H2,1H3,(H2,14,16). The molecule has 4 nitrogen and oxygen atoms in total. The molecule has 2 aromatic rings. The zero-order valence-corrected chi connectivity index (χ0v) is 9.80. The minimum atomic E-state index is -0.151. The molecule has 0 saturated carbocycles. The first kappa shape index (κ1) is 11.5. The average Bonchev–Trinajstić information content (AvgIpc) is 2.32. The van der Waals surface area contributed by atoms with Gasteiger partial charge in [-0.3, -0.25) is 9.97 Å². The van der Waals surface area contributed by atoms with Crippen LogP contribution in [0.2, 0.25) is 0 Å². The number of aryl methyl sites for hydroxylation is 1. The average molecular weight is 228 g/mol. The van der Waals surface area contributed by atoms with Gasteiger partial charge in [0, 0.05) is 24.3 Å². The van der Waals surface area contributed by atoms with Crippen molar-refractivity contribution in [2.24, 2.45) is 5.73 Å². The lowest BCUT2D eigenvalue weighted by atomic mass is 10.0. The highest BCUT2D eigenvalue weighted by Crippen LogP contribution is 2.18. The van der Waals surface area contributed by atoms with Gasteiger partial charge in [0.05, 0.1) is 11.7 Å². The lowest BCUT2D eigenvalue weighted by molar-refractivity contribution is 0.695. The molecule has 1 unspecified atom stereocenters. The summed E-state index contributed by atoms with van der Waals surface area (Å²) >= 11 is 0. The van der Waals surface area contributed by atoms with Crippen molar-refractivity contribution in [3.63, 3.8) is 0 Å². The molecule has 2 rings (SSSR count). The number of aromatic nitrogens is 2. The van der Waals surface area contributed by atoms with Gasteiger partial charge in [0.1, 0.15) is 0 Å². The van der Waals surface area contributed by atoms with E-state index < -0.39 is 0 Å². The molecule has 0 aliphatic rings. The topological polar surface area (TPSA) is 77.8 Å². The van der Waals surface area contributed by atoms with Gasteiger partial charge in [-0.2, -0.15) is 0 Å². The van der Waals surface area contributed by atoms with E-state index in [0.717, 1.165) is 22.5 Å². The van der Waals surface area contributed by atoms with Crippen molar-refractivity contribution in [1.29, 1.82) is 0 Å². The second-order valence-electron chi connectivity index (χ2n) is 4.14. The molecule has 4 N–H and O–H groups in total. The molecule has 0 spiro atoms. The second-order valence-corrected chi connectivity index (χ2v) is 4.14. The van der Waals surface area contributed by atoms with Crippen LogP contribution in [0.5, 0.6) is 0 Å². The predicted octanol–water partition coefficient (Wildman–Crippen LogP) is 1.61. The first-order valence-corrected chi connectivity index (χ1v) is 5.53. The molecule has 2 aromatic heterocycles. The number of pyridine rings is 2. The Labute approximate surface area is 101 Å². The Hall–Kier alpha value is -1.94. The predicted molar refractivity (Wildman–Crippen MR) is 68.3 cm³/mol. The van der Waals surface area contributed by atoms with E-state index >= 15 is 0 Å². The second kappa shape index (κ2) is 4.93. The molecule has 0 aromatic carbocycles. The van der Waals surface area contributed by atoms with Crippen molar-refractivity contribution in [2.75, 3.05) is 5.73 Å². The number of anilines is 1. The fourth-order valence-corrected chi connectivity index (χ4v) is 1.71. The highest BCUT2D eigenvalue weighted by molar-refractivity contribution is 5.45. The monoisotopic (exact) mass is 228 g/mol. The third kappa shape index (κ3) is 2.79. The molecule has 0 bridgehead atoms. The molecular formula is C13H16N4. The summed E-state index contributed by atoms with van der Waals surface area (Å²) in [5, 5.41) is 0. The van der Waals surface area contributed by atoms with Crippen LogP contribution in [0.3, 0.4) is 0 Å². The van der Waals surface area contributed by atoms with Crippen LogP contribution in [0.4, 0.5) is 5.69 Å². The first-order chi connectivity index (χ1) is 8.16. The van der Waals surface area contributed by atoms with E-state index in [4.69, 9.17) is 11.5 Å². The number of nitrogens with two attached hydrogens (primary N) is 2. The molecular weight excluding hydrogens is 212 g/mol. The minimum absolute atomic E-state index is 0.151.